The molecule has 1 atom stereocenters. The molecule has 2 rings (SSSR count). The molecule has 1 aliphatic carbocycles. The Morgan fingerprint density at radius 1 is 1.50 bits per heavy atom. The van der Waals surface area contributed by atoms with E-state index in [4.69, 9.17) is 0 Å². The average molecular weight is 221 g/mol. The molecule has 16 heavy (non-hydrogen) atoms. The highest BCUT2D eigenvalue weighted by Gasteiger charge is 2.32. The number of hydrogen-bond acceptors (Lipinski definition) is 2. The summed E-state index contributed by atoms with van der Waals surface area (Å²) in [5, 5.41) is 0. The van der Waals surface area contributed by atoms with Crippen molar-refractivity contribution in [3.8, 4) is 0 Å². The quantitative estimate of drug-likeness (QED) is 0.778. The largest absolute Gasteiger partial charge is 0.336 e. The van der Waals surface area contributed by atoms with E-state index in [0.717, 1.165) is 19.1 Å². The second-order valence-electron chi connectivity index (χ2n) is 5.84. The Labute approximate surface area is 98.5 Å². The summed E-state index contributed by atoms with van der Waals surface area (Å²) in [6.07, 6.45) is 9.84. The van der Waals surface area contributed by atoms with Crippen molar-refractivity contribution in [3.63, 3.8) is 0 Å². The van der Waals surface area contributed by atoms with Crippen LogP contribution in [0.25, 0.3) is 0 Å². The van der Waals surface area contributed by atoms with E-state index in [1.807, 2.05) is 18.7 Å². The van der Waals surface area contributed by atoms with Gasteiger partial charge in [0, 0.05) is 31.5 Å². The van der Waals surface area contributed by atoms with Crippen LogP contribution in [-0.4, -0.2) is 34.1 Å². The number of hydrogen-bond donors (Lipinski definition) is 0. The van der Waals surface area contributed by atoms with Gasteiger partial charge in [0.25, 0.3) is 0 Å². The van der Waals surface area contributed by atoms with E-state index in [-0.39, 0.29) is 0 Å². The van der Waals surface area contributed by atoms with Crippen molar-refractivity contribution in [3.05, 3.63) is 18.7 Å². The summed E-state index contributed by atoms with van der Waals surface area (Å²) in [5.41, 5.74) is 0.550. The third-order valence-corrected chi connectivity index (χ3v) is 3.84. The Kier molecular flexibility index (Phi) is 3.33. The predicted octanol–water partition coefficient (Wildman–Crippen LogP) is 2.39. The van der Waals surface area contributed by atoms with Crippen molar-refractivity contribution in [1.29, 1.82) is 0 Å². The van der Waals surface area contributed by atoms with Crippen molar-refractivity contribution in [2.75, 3.05) is 13.6 Å². The fourth-order valence-corrected chi connectivity index (χ4v) is 2.65. The predicted molar refractivity (Wildman–Crippen MR) is 66.3 cm³/mol. The standard InChI is InChI=1S/C13H23N3/c1-13(2)5-4-12(10-13)15(3)8-9-16-7-6-14-11-16/h6-7,11-12H,4-5,8-10H2,1-3H3. The Hall–Kier alpha value is -0.830. The van der Waals surface area contributed by atoms with Gasteiger partial charge in [-0.2, -0.15) is 0 Å². The molecule has 0 radical (unpaired) electrons. The summed E-state index contributed by atoms with van der Waals surface area (Å²) in [6.45, 7) is 6.94. The second-order valence-corrected chi connectivity index (χ2v) is 5.84. The minimum atomic E-state index is 0.550. The summed E-state index contributed by atoms with van der Waals surface area (Å²) >= 11 is 0. The molecule has 0 aliphatic heterocycles. The van der Waals surface area contributed by atoms with E-state index in [0.29, 0.717) is 5.41 Å². The highest BCUT2D eigenvalue weighted by Crippen LogP contribution is 2.38. The number of likely N-dealkylation sites (N-methyl/N-ethyl adjacent to an activating group) is 1. The molecule has 0 aromatic carbocycles. The minimum Gasteiger partial charge on any atom is -0.336 e. The van der Waals surface area contributed by atoms with Crippen LogP contribution in [0.3, 0.4) is 0 Å². The smallest absolute Gasteiger partial charge is 0.0946 e. The zero-order valence-corrected chi connectivity index (χ0v) is 10.7. The van der Waals surface area contributed by atoms with Crippen LogP contribution in [-0.2, 0) is 6.54 Å². The van der Waals surface area contributed by atoms with Gasteiger partial charge in [-0.25, -0.2) is 4.98 Å². The first-order chi connectivity index (χ1) is 7.57. The fourth-order valence-electron chi connectivity index (χ4n) is 2.65. The van der Waals surface area contributed by atoms with Crippen LogP contribution < -0.4 is 0 Å². The molecule has 3 nitrogen and oxygen atoms in total. The molecule has 0 spiro atoms. The van der Waals surface area contributed by atoms with Crippen molar-refractivity contribution < 1.29 is 0 Å². The van der Waals surface area contributed by atoms with Crippen molar-refractivity contribution >= 4 is 0 Å². The Bertz CT molecular complexity index is 316. The molecule has 90 valence electrons. The molecule has 0 bridgehead atoms. The van der Waals surface area contributed by atoms with Gasteiger partial charge in [0.05, 0.1) is 6.33 Å². The monoisotopic (exact) mass is 221 g/mol. The van der Waals surface area contributed by atoms with E-state index >= 15 is 0 Å². The Morgan fingerprint density at radius 2 is 2.31 bits per heavy atom. The molecule has 0 saturated heterocycles. The van der Waals surface area contributed by atoms with E-state index < -0.39 is 0 Å². The van der Waals surface area contributed by atoms with E-state index in [9.17, 15) is 0 Å². The molecular formula is C13H23N3. The summed E-state index contributed by atoms with van der Waals surface area (Å²) in [4.78, 5) is 6.57. The lowest BCUT2D eigenvalue weighted by atomic mass is 9.91. The van der Waals surface area contributed by atoms with Crippen LogP contribution in [0.5, 0.6) is 0 Å². The molecule has 1 heterocycles. The SMILES string of the molecule is CN(CCn1ccnc1)C1CCC(C)(C)C1. The van der Waals surface area contributed by atoms with Crippen molar-refractivity contribution in [2.24, 2.45) is 5.41 Å². The maximum absolute atomic E-state index is 4.07. The van der Waals surface area contributed by atoms with Gasteiger partial charge in [0.1, 0.15) is 0 Å². The zero-order chi connectivity index (χ0) is 11.6. The van der Waals surface area contributed by atoms with E-state index in [1.165, 1.54) is 19.3 Å². The first-order valence-corrected chi connectivity index (χ1v) is 6.23. The summed E-state index contributed by atoms with van der Waals surface area (Å²) in [5.74, 6) is 0. The van der Waals surface area contributed by atoms with E-state index in [1.54, 1.807) is 0 Å². The van der Waals surface area contributed by atoms with Crippen molar-refractivity contribution in [1.82, 2.24) is 14.5 Å². The molecule has 1 unspecified atom stereocenters. The molecule has 1 aromatic heterocycles. The lowest BCUT2D eigenvalue weighted by Gasteiger charge is -2.26. The van der Waals surface area contributed by atoms with Crippen LogP contribution in [0, 0.1) is 5.41 Å². The molecule has 1 fully saturated rings. The number of rotatable bonds is 4. The van der Waals surface area contributed by atoms with Gasteiger partial charge in [0.2, 0.25) is 0 Å². The summed E-state index contributed by atoms with van der Waals surface area (Å²) < 4.78 is 2.15. The van der Waals surface area contributed by atoms with Gasteiger partial charge in [0.15, 0.2) is 0 Å². The van der Waals surface area contributed by atoms with Crippen molar-refractivity contribution in [2.45, 2.75) is 45.7 Å². The maximum atomic E-state index is 4.07. The summed E-state index contributed by atoms with van der Waals surface area (Å²) in [7, 11) is 2.25. The number of nitrogens with zero attached hydrogens (tertiary/aromatic N) is 3. The molecule has 0 amide bonds. The highest BCUT2D eigenvalue weighted by atomic mass is 15.2. The Balaban J connectivity index is 1.78. The molecule has 0 N–H and O–H groups in total. The van der Waals surface area contributed by atoms with Gasteiger partial charge in [-0.3, -0.25) is 0 Å². The van der Waals surface area contributed by atoms with Crippen LogP contribution in [0.4, 0.5) is 0 Å². The molecule has 1 saturated carbocycles. The van der Waals surface area contributed by atoms with Crippen LogP contribution in [0.2, 0.25) is 0 Å². The normalized spacial score (nSPS) is 24.1. The van der Waals surface area contributed by atoms with Gasteiger partial charge in [-0.1, -0.05) is 13.8 Å². The minimum absolute atomic E-state index is 0.550. The fraction of sp³-hybridized carbons (Fsp3) is 0.769. The van der Waals surface area contributed by atoms with E-state index in [2.05, 4.69) is 35.3 Å². The maximum Gasteiger partial charge on any atom is 0.0946 e. The van der Waals surface area contributed by atoms with Crippen LogP contribution in [0.1, 0.15) is 33.1 Å². The lowest BCUT2D eigenvalue weighted by Crippen LogP contribution is -2.32. The lowest BCUT2D eigenvalue weighted by molar-refractivity contribution is 0.220. The third-order valence-electron chi connectivity index (χ3n) is 3.84. The second kappa shape index (κ2) is 4.58. The molecule has 1 aliphatic rings. The molecule has 1 aromatic rings. The van der Waals surface area contributed by atoms with Crippen LogP contribution in [0.15, 0.2) is 18.7 Å². The van der Waals surface area contributed by atoms with Gasteiger partial charge >= 0.3 is 0 Å². The highest BCUT2D eigenvalue weighted by molar-refractivity contribution is 4.87. The number of imidazole rings is 1. The first-order valence-electron chi connectivity index (χ1n) is 6.23. The van der Waals surface area contributed by atoms with Gasteiger partial charge < -0.3 is 9.47 Å². The Morgan fingerprint density at radius 3 is 2.88 bits per heavy atom. The van der Waals surface area contributed by atoms with Crippen LogP contribution >= 0.6 is 0 Å². The van der Waals surface area contributed by atoms with Gasteiger partial charge in [-0.05, 0) is 31.7 Å². The third kappa shape index (κ3) is 2.85. The summed E-state index contributed by atoms with van der Waals surface area (Å²) in [6, 6.07) is 0.776. The molecule has 3 heteroatoms. The topological polar surface area (TPSA) is 21.1 Å². The zero-order valence-electron chi connectivity index (χ0n) is 10.7. The average Bonchev–Trinajstić information content (AvgIpc) is 2.83. The first kappa shape index (κ1) is 11.6. The molecular weight excluding hydrogens is 198 g/mol. The number of aromatic nitrogens is 2. The van der Waals surface area contributed by atoms with Gasteiger partial charge in [-0.15, -0.1) is 0 Å².